The van der Waals surface area contributed by atoms with Crippen molar-refractivity contribution in [2.75, 3.05) is 6.61 Å². The summed E-state index contributed by atoms with van der Waals surface area (Å²) in [6, 6.07) is 5.13. The number of aromatic hydroxyl groups is 1. The second-order valence-corrected chi connectivity index (χ2v) is 5.04. The minimum absolute atomic E-state index is 0.0832. The molecule has 5 nitrogen and oxygen atoms in total. The van der Waals surface area contributed by atoms with Gasteiger partial charge < -0.3 is 14.4 Å². The molecule has 0 saturated carbocycles. The van der Waals surface area contributed by atoms with Crippen molar-refractivity contribution < 1.29 is 14.4 Å². The van der Waals surface area contributed by atoms with Crippen LogP contribution in [0.2, 0.25) is 0 Å². The quantitative estimate of drug-likeness (QED) is 0.923. The molecule has 1 saturated heterocycles. The van der Waals surface area contributed by atoms with Gasteiger partial charge in [0, 0.05) is 11.1 Å². The van der Waals surface area contributed by atoms with Gasteiger partial charge in [0.05, 0.1) is 5.56 Å². The van der Waals surface area contributed by atoms with Crippen LogP contribution in [0.4, 0.5) is 0 Å². The van der Waals surface area contributed by atoms with Crippen molar-refractivity contribution in [3.05, 3.63) is 28.5 Å². The number of nitrogens with zero attached hydrogens (tertiary/aromatic N) is 2. The van der Waals surface area contributed by atoms with Gasteiger partial charge in [0.25, 0.3) is 5.89 Å². The van der Waals surface area contributed by atoms with Gasteiger partial charge in [-0.1, -0.05) is 21.1 Å². The minimum atomic E-state index is -0.0832. The van der Waals surface area contributed by atoms with E-state index in [0.717, 1.165) is 23.9 Å². The van der Waals surface area contributed by atoms with Crippen molar-refractivity contribution in [3.8, 4) is 17.2 Å². The van der Waals surface area contributed by atoms with E-state index in [1.165, 1.54) is 0 Å². The zero-order chi connectivity index (χ0) is 12.5. The summed E-state index contributed by atoms with van der Waals surface area (Å²) < 4.78 is 11.4. The molecule has 18 heavy (non-hydrogen) atoms. The fraction of sp³-hybridized carbons (Fsp3) is 0.333. The lowest BCUT2D eigenvalue weighted by Gasteiger charge is -2.01. The topological polar surface area (TPSA) is 68.4 Å². The number of benzene rings is 1. The molecular weight excluding hydrogens is 300 g/mol. The molecule has 1 fully saturated rings. The van der Waals surface area contributed by atoms with Gasteiger partial charge in [0.15, 0.2) is 0 Å². The zero-order valence-electron chi connectivity index (χ0n) is 9.47. The van der Waals surface area contributed by atoms with E-state index < -0.39 is 0 Å². The lowest BCUT2D eigenvalue weighted by atomic mass is 10.2. The highest BCUT2D eigenvalue weighted by atomic mass is 79.9. The molecule has 2 heterocycles. The summed E-state index contributed by atoms with van der Waals surface area (Å²) in [5, 5.41) is 13.7. The molecule has 1 aromatic heterocycles. The van der Waals surface area contributed by atoms with Crippen LogP contribution in [0.5, 0.6) is 5.75 Å². The molecule has 0 bridgehead atoms. The van der Waals surface area contributed by atoms with Crippen LogP contribution in [0.15, 0.2) is 27.2 Å². The van der Waals surface area contributed by atoms with Crippen molar-refractivity contribution in [1.29, 1.82) is 0 Å². The van der Waals surface area contributed by atoms with Gasteiger partial charge in [-0.05, 0) is 31.0 Å². The van der Waals surface area contributed by atoms with Crippen LogP contribution in [0.3, 0.4) is 0 Å². The van der Waals surface area contributed by atoms with Crippen LogP contribution in [0, 0.1) is 0 Å². The van der Waals surface area contributed by atoms with Gasteiger partial charge in [-0.15, -0.1) is 0 Å². The van der Waals surface area contributed by atoms with E-state index in [1.807, 2.05) is 6.07 Å². The maximum Gasteiger partial charge on any atom is 0.261 e. The highest BCUT2D eigenvalue weighted by Gasteiger charge is 2.24. The molecule has 6 heteroatoms. The number of halogens is 1. The molecule has 3 rings (SSSR count). The van der Waals surface area contributed by atoms with Crippen molar-refractivity contribution in [3.63, 3.8) is 0 Å². The Kier molecular flexibility index (Phi) is 3.05. The Labute approximate surface area is 112 Å². The molecular formula is C12H11BrN2O3. The molecule has 0 radical (unpaired) electrons. The Balaban J connectivity index is 1.92. The highest BCUT2D eigenvalue weighted by Crippen LogP contribution is 2.32. The molecule has 1 atom stereocenters. The predicted molar refractivity (Wildman–Crippen MR) is 67.0 cm³/mol. The predicted octanol–water partition coefficient (Wildman–Crippen LogP) is 3.06. The van der Waals surface area contributed by atoms with Gasteiger partial charge >= 0.3 is 0 Å². The van der Waals surface area contributed by atoms with E-state index in [1.54, 1.807) is 12.1 Å². The first-order valence-electron chi connectivity index (χ1n) is 5.68. The summed E-state index contributed by atoms with van der Waals surface area (Å²) in [6.45, 7) is 0.734. The third kappa shape index (κ3) is 2.13. The third-order valence-corrected chi connectivity index (χ3v) is 3.34. The van der Waals surface area contributed by atoms with Gasteiger partial charge in [0.1, 0.15) is 11.9 Å². The first-order chi connectivity index (χ1) is 8.74. The maximum absolute atomic E-state index is 9.83. The summed E-state index contributed by atoms with van der Waals surface area (Å²) in [7, 11) is 0. The largest absolute Gasteiger partial charge is 0.507 e. The molecule has 0 spiro atoms. The normalized spacial score (nSPS) is 19.3. The van der Waals surface area contributed by atoms with Crippen LogP contribution in [-0.4, -0.2) is 21.9 Å². The first kappa shape index (κ1) is 11.7. The average Bonchev–Trinajstić information content (AvgIpc) is 2.99. The van der Waals surface area contributed by atoms with E-state index >= 15 is 0 Å². The number of hydrogen-bond acceptors (Lipinski definition) is 5. The van der Waals surface area contributed by atoms with Crippen LogP contribution in [0.1, 0.15) is 24.8 Å². The molecule has 1 aliphatic rings. The third-order valence-electron chi connectivity index (χ3n) is 2.85. The molecule has 1 aromatic carbocycles. The summed E-state index contributed by atoms with van der Waals surface area (Å²) in [5.41, 5.74) is 0.523. The second-order valence-electron chi connectivity index (χ2n) is 4.12. The van der Waals surface area contributed by atoms with Gasteiger partial charge in [-0.3, -0.25) is 0 Å². The minimum Gasteiger partial charge on any atom is -0.507 e. The van der Waals surface area contributed by atoms with Crippen LogP contribution < -0.4 is 0 Å². The Bertz CT molecular complexity index is 564. The Morgan fingerprint density at radius 2 is 2.28 bits per heavy atom. The molecule has 2 aromatic rings. The molecule has 94 valence electrons. The molecule has 1 unspecified atom stereocenters. The van der Waals surface area contributed by atoms with E-state index in [9.17, 15) is 5.11 Å². The molecule has 0 amide bonds. The summed E-state index contributed by atoms with van der Waals surface area (Å²) in [6.07, 6.45) is 1.84. The Morgan fingerprint density at radius 3 is 3.00 bits per heavy atom. The lowest BCUT2D eigenvalue weighted by Crippen LogP contribution is -1.97. The van der Waals surface area contributed by atoms with E-state index in [0.29, 0.717) is 17.3 Å². The van der Waals surface area contributed by atoms with E-state index in [2.05, 4.69) is 26.1 Å². The second kappa shape index (κ2) is 4.70. The first-order valence-corrected chi connectivity index (χ1v) is 6.47. The van der Waals surface area contributed by atoms with Crippen LogP contribution in [-0.2, 0) is 4.74 Å². The number of rotatable bonds is 2. The number of phenolic OH excluding ortho intramolecular Hbond substituents is 1. The van der Waals surface area contributed by atoms with Crippen molar-refractivity contribution in [1.82, 2.24) is 10.1 Å². The Hall–Kier alpha value is -1.40. The number of phenols is 1. The fourth-order valence-electron chi connectivity index (χ4n) is 1.94. The highest BCUT2D eigenvalue weighted by molar-refractivity contribution is 9.10. The van der Waals surface area contributed by atoms with Crippen LogP contribution in [0.25, 0.3) is 11.5 Å². The van der Waals surface area contributed by atoms with Gasteiger partial charge in [0.2, 0.25) is 5.82 Å². The van der Waals surface area contributed by atoms with Gasteiger partial charge in [-0.2, -0.15) is 4.98 Å². The number of hydrogen-bond donors (Lipinski definition) is 1. The average molecular weight is 311 g/mol. The molecule has 1 N–H and O–H groups in total. The van der Waals surface area contributed by atoms with Crippen molar-refractivity contribution in [2.24, 2.45) is 0 Å². The monoisotopic (exact) mass is 310 g/mol. The standard InChI is InChI=1S/C12H11BrN2O3/c13-7-3-4-8(9(16)6-7)12-14-11(15-18-12)10-2-1-5-17-10/h3-4,6,10,16H,1-2,5H2. The zero-order valence-corrected chi connectivity index (χ0v) is 11.1. The summed E-state index contributed by atoms with van der Waals surface area (Å²) in [4.78, 5) is 4.27. The Morgan fingerprint density at radius 1 is 1.39 bits per heavy atom. The maximum atomic E-state index is 9.83. The lowest BCUT2D eigenvalue weighted by molar-refractivity contribution is 0.103. The van der Waals surface area contributed by atoms with Crippen molar-refractivity contribution >= 4 is 15.9 Å². The fourth-order valence-corrected chi connectivity index (χ4v) is 2.29. The van der Waals surface area contributed by atoms with E-state index in [4.69, 9.17) is 9.26 Å². The van der Waals surface area contributed by atoms with Gasteiger partial charge in [-0.25, -0.2) is 0 Å². The summed E-state index contributed by atoms with van der Waals surface area (Å²) in [5.74, 6) is 0.960. The van der Waals surface area contributed by atoms with E-state index in [-0.39, 0.29) is 11.9 Å². The number of aromatic nitrogens is 2. The summed E-state index contributed by atoms with van der Waals surface area (Å²) >= 11 is 3.28. The van der Waals surface area contributed by atoms with Crippen LogP contribution >= 0.6 is 15.9 Å². The molecule has 0 aliphatic carbocycles. The molecule has 1 aliphatic heterocycles. The number of ether oxygens (including phenoxy) is 1. The SMILES string of the molecule is Oc1cc(Br)ccc1-c1nc(C2CCCO2)no1. The van der Waals surface area contributed by atoms with Crippen molar-refractivity contribution in [2.45, 2.75) is 18.9 Å². The smallest absolute Gasteiger partial charge is 0.261 e.